The standard InChI is InChI=1S/C13H22N2O2/c1-12(2,10-14)5-7-15-6-3-4-13(11-15)16-8-9-17-13/h3-9,11H2,1-2H3. The first-order valence-electron chi connectivity index (χ1n) is 6.47. The molecule has 2 rings (SSSR count). The summed E-state index contributed by atoms with van der Waals surface area (Å²) in [5.74, 6) is -0.338. The van der Waals surface area contributed by atoms with Crippen LogP contribution >= 0.6 is 0 Å². The second-order valence-electron chi connectivity index (χ2n) is 5.73. The Hall–Kier alpha value is -0.630. The molecule has 4 heteroatoms. The van der Waals surface area contributed by atoms with E-state index < -0.39 is 0 Å². The number of ether oxygens (including phenoxy) is 2. The molecule has 0 N–H and O–H groups in total. The van der Waals surface area contributed by atoms with E-state index >= 15 is 0 Å². The van der Waals surface area contributed by atoms with Gasteiger partial charge in [-0.1, -0.05) is 0 Å². The largest absolute Gasteiger partial charge is 0.346 e. The van der Waals surface area contributed by atoms with Crippen LogP contribution in [0.1, 0.15) is 33.1 Å². The molecule has 2 saturated heterocycles. The van der Waals surface area contributed by atoms with Crippen LogP contribution in [0.3, 0.4) is 0 Å². The summed E-state index contributed by atoms with van der Waals surface area (Å²) < 4.78 is 11.5. The van der Waals surface area contributed by atoms with Gasteiger partial charge in [-0.2, -0.15) is 5.26 Å². The monoisotopic (exact) mass is 238 g/mol. The lowest BCUT2D eigenvalue weighted by atomic mass is 9.91. The highest BCUT2D eigenvalue weighted by Crippen LogP contribution is 2.30. The predicted octanol–water partition coefficient (Wildman–Crippen LogP) is 1.77. The van der Waals surface area contributed by atoms with Crippen LogP contribution in [0.5, 0.6) is 0 Å². The molecule has 1 spiro atoms. The zero-order valence-electron chi connectivity index (χ0n) is 10.9. The Morgan fingerprint density at radius 3 is 2.71 bits per heavy atom. The Morgan fingerprint density at radius 1 is 1.35 bits per heavy atom. The van der Waals surface area contributed by atoms with Gasteiger partial charge in [0.25, 0.3) is 0 Å². The molecule has 2 aliphatic rings. The van der Waals surface area contributed by atoms with E-state index in [1.807, 2.05) is 13.8 Å². The summed E-state index contributed by atoms with van der Waals surface area (Å²) in [6.45, 7) is 8.33. The zero-order valence-corrected chi connectivity index (χ0v) is 10.9. The summed E-state index contributed by atoms with van der Waals surface area (Å²) in [4.78, 5) is 2.37. The molecule has 2 aliphatic heterocycles. The van der Waals surface area contributed by atoms with Gasteiger partial charge in [0.15, 0.2) is 5.79 Å². The van der Waals surface area contributed by atoms with Crippen molar-refractivity contribution in [2.24, 2.45) is 5.41 Å². The van der Waals surface area contributed by atoms with E-state index in [-0.39, 0.29) is 11.2 Å². The molecule has 0 aromatic heterocycles. The van der Waals surface area contributed by atoms with Crippen molar-refractivity contribution in [1.82, 2.24) is 4.90 Å². The highest BCUT2D eigenvalue weighted by Gasteiger charge is 2.40. The Labute approximate surface area is 103 Å². The lowest BCUT2D eigenvalue weighted by Gasteiger charge is -2.39. The lowest BCUT2D eigenvalue weighted by molar-refractivity contribution is -0.189. The summed E-state index contributed by atoms with van der Waals surface area (Å²) in [6.07, 6.45) is 3.03. The third kappa shape index (κ3) is 3.19. The van der Waals surface area contributed by atoms with Crippen LogP contribution in [0.15, 0.2) is 0 Å². The number of likely N-dealkylation sites (tertiary alicyclic amines) is 1. The van der Waals surface area contributed by atoms with Gasteiger partial charge in [0.05, 0.1) is 31.2 Å². The second-order valence-corrected chi connectivity index (χ2v) is 5.73. The first-order valence-corrected chi connectivity index (χ1v) is 6.47. The normalized spacial score (nSPS) is 25.0. The van der Waals surface area contributed by atoms with E-state index in [0.717, 1.165) is 52.1 Å². The summed E-state index contributed by atoms with van der Waals surface area (Å²) in [5, 5.41) is 9.01. The fraction of sp³-hybridized carbons (Fsp3) is 0.923. The molecule has 0 amide bonds. The molecule has 17 heavy (non-hydrogen) atoms. The number of rotatable bonds is 3. The topological polar surface area (TPSA) is 45.5 Å². The molecule has 0 saturated carbocycles. The summed E-state index contributed by atoms with van der Waals surface area (Å²) in [6, 6.07) is 2.35. The smallest absolute Gasteiger partial charge is 0.181 e. The van der Waals surface area contributed by atoms with Crippen molar-refractivity contribution in [2.75, 3.05) is 32.8 Å². The van der Waals surface area contributed by atoms with E-state index in [1.54, 1.807) is 0 Å². The Morgan fingerprint density at radius 2 is 2.06 bits per heavy atom. The highest BCUT2D eigenvalue weighted by molar-refractivity contribution is 4.93. The molecule has 0 radical (unpaired) electrons. The minimum Gasteiger partial charge on any atom is -0.346 e. The van der Waals surface area contributed by atoms with Crippen LogP contribution in [0.4, 0.5) is 0 Å². The van der Waals surface area contributed by atoms with E-state index in [2.05, 4.69) is 11.0 Å². The van der Waals surface area contributed by atoms with Gasteiger partial charge in [-0.05, 0) is 39.8 Å². The van der Waals surface area contributed by atoms with Crippen LogP contribution in [-0.2, 0) is 9.47 Å². The Bertz CT molecular complexity index is 303. The van der Waals surface area contributed by atoms with Crippen molar-refractivity contribution in [3.8, 4) is 6.07 Å². The van der Waals surface area contributed by atoms with Crippen LogP contribution < -0.4 is 0 Å². The number of nitriles is 1. The quantitative estimate of drug-likeness (QED) is 0.751. The number of piperidine rings is 1. The fourth-order valence-corrected chi connectivity index (χ4v) is 2.49. The molecule has 96 valence electrons. The van der Waals surface area contributed by atoms with Crippen LogP contribution in [0, 0.1) is 16.7 Å². The van der Waals surface area contributed by atoms with Gasteiger partial charge < -0.3 is 9.47 Å². The predicted molar refractivity (Wildman–Crippen MR) is 64.3 cm³/mol. The van der Waals surface area contributed by atoms with Crippen molar-refractivity contribution in [3.05, 3.63) is 0 Å². The average molecular weight is 238 g/mol. The maximum Gasteiger partial charge on any atom is 0.181 e. The van der Waals surface area contributed by atoms with Gasteiger partial charge in [-0.25, -0.2) is 0 Å². The van der Waals surface area contributed by atoms with E-state index in [1.165, 1.54) is 0 Å². The first-order chi connectivity index (χ1) is 8.05. The van der Waals surface area contributed by atoms with Gasteiger partial charge in [-0.15, -0.1) is 0 Å². The average Bonchev–Trinajstić information content (AvgIpc) is 2.75. The van der Waals surface area contributed by atoms with E-state index in [0.29, 0.717) is 0 Å². The van der Waals surface area contributed by atoms with Gasteiger partial charge >= 0.3 is 0 Å². The van der Waals surface area contributed by atoms with Gasteiger partial charge in [-0.3, -0.25) is 4.90 Å². The molecular formula is C13H22N2O2. The molecule has 2 heterocycles. The van der Waals surface area contributed by atoms with E-state index in [4.69, 9.17) is 14.7 Å². The van der Waals surface area contributed by atoms with Crippen molar-refractivity contribution < 1.29 is 9.47 Å². The van der Waals surface area contributed by atoms with Crippen LogP contribution in [0.2, 0.25) is 0 Å². The summed E-state index contributed by atoms with van der Waals surface area (Å²) >= 11 is 0. The summed E-state index contributed by atoms with van der Waals surface area (Å²) in [7, 11) is 0. The minimum absolute atomic E-state index is 0.234. The molecule has 0 unspecified atom stereocenters. The second kappa shape index (κ2) is 4.93. The maximum atomic E-state index is 9.01. The number of hydrogen-bond donors (Lipinski definition) is 0. The molecule has 0 aliphatic carbocycles. The van der Waals surface area contributed by atoms with E-state index in [9.17, 15) is 0 Å². The highest BCUT2D eigenvalue weighted by atomic mass is 16.7. The van der Waals surface area contributed by atoms with Crippen molar-refractivity contribution in [3.63, 3.8) is 0 Å². The van der Waals surface area contributed by atoms with Crippen LogP contribution in [0.25, 0.3) is 0 Å². The molecule has 0 atom stereocenters. The minimum atomic E-state index is -0.338. The molecular weight excluding hydrogens is 216 g/mol. The summed E-state index contributed by atoms with van der Waals surface area (Å²) in [5.41, 5.74) is -0.234. The molecule has 0 bridgehead atoms. The maximum absolute atomic E-state index is 9.01. The van der Waals surface area contributed by atoms with Gasteiger partial charge in [0.1, 0.15) is 0 Å². The zero-order chi connectivity index (χ0) is 12.4. The fourth-order valence-electron chi connectivity index (χ4n) is 2.49. The molecule has 0 aromatic rings. The van der Waals surface area contributed by atoms with Crippen LogP contribution in [-0.4, -0.2) is 43.5 Å². The number of hydrogen-bond acceptors (Lipinski definition) is 4. The molecule has 2 fully saturated rings. The van der Waals surface area contributed by atoms with Crippen molar-refractivity contribution >= 4 is 0 Å². The Balaban J connectivity index is 1.84. The molecule has 4 nitrogen and oxygen atoms in total. The van der Waals surface area contributed by atoms with Gasteiger partial charge in [0, 0.05) is 6.42 Å². The van der Waals surface area contributed by atoms with Gasteiger partial charge in [0.2, 0.25) is 0 Å². The van der Waals surface area contributed by atoms with Crippen molar-refractivity contribution in [2.45, 2.75) is 38.9 Å². The molecule has 0 aromatic carbocycles. The lowest BCUT2D eigenvalue weighted by Crippen LogP contribution is -2.49. The number of nitrogens with zero attached hydrogens (tertiary/aromatic N) is 2. The third-order valence-electron chi connectivity index (χ3n) is 3.67. The third-order valence-corrected chi connectivity index (χ3v) is 3.67. The van der Waals surface area contributed by atoms with Crippen molar-refractivity contribution in [1.29, 1.82) is 5.26 Å². The SMILES string of the molecule is CC(C)(C#N)CCN1CCCC2(C1)OCCO2. The first kappa shape index (κ1) is 12.8. The Kier molecular flexibility index (Phi) is 3.72.